The van der Waals surface area contributed by atoms with Crippen LogP contribution in [0.1, 0.15) is 113 Å². The van der Waals surface area contributed by atoms with Crippen LogP contribution in [-0.2, 0) is 24.1 Å². The van der Waals surface area contributed by atoms with E-state index in [1.807, 2.05) is 18.2 Å². The van der Waals surface area contributed by atoms with Crippen LogP contribution in [0.15, 0.2) is 24.3 Å². The second kappa shape index (κ2) is 10.1. The first-order valence-corrected chi connectivity index (χ1v) is 15.0. The number of ether oxygens (including phenoxy) is 1. The third-order valence-electron chi connectivity index (χ3n) is 10.5. The Hall–Kier alpha value is -2.30. The molecule has 37 heavy (non-hydrogen) atoms. The highest BCUT2D eigenvalue weighted by atomic mass is 16.5. The maximum atomic E-state index is 14.2. The molecule has 4 aliphatic carbocycles. The summed E-state index contributed by atoms with van der Waals surface area (Å²) < 4.78 is 8.18. The molecule has 3 fully saturated rings. The summed E-state index contributed by atoms with van der Waals surface area (Å²) in [7, 11) is 1.71. The number of rotatable bonds is 7. The van der Waals surface area contributed by atoms with Crippen molar-refractivity contribution in [3.63, 3.8) is 0 Å². The number of hydrogen-bond donors (Lipinski definition) is 1. The number of benzene rings is 1. The molecule has 0 aliphatic heterocycles. The fourth-order valence-electron chi connectivity index (χ4n) is 8.40. The van der Waals surface area contributed by atoms with Gasteiger partial charge in [-0.15, -0.1) is 0 Å². The van der Waals surface area contributed by atoms with Gasteiger partial charge in [0.05, 0.1) is 24.8 Å². The number of methoxy groups -OCH3 is 1. The Morgan fingerprint density at radius 1 is 1.08 bits per heavy atom. The average Bonchev–Trinajstić information content (AvgIpc) is 3.61. The van der Waals surface area contributed by atoms with Crippen LogP contribution in [0, 0.1) is 17.3 Å². The van der Waals surface area contributed by atoms with Crippen molar-refractivity contribution in [2.45, 2.75) is 115 Å². The van der Waals surface area contributed by atoms with E-state index in [2.05, 4.69) is 29.9 Å². The molecule has 6 rings (SSSR count). The van der Waals surface area contributed by atoms with E-state index >= 15 is 0 Å². The molecule has 1 N–H and O–H groups in total. The van der Waals surface area contributed by atoms with E-state index < -0.39 is 0 Å². The van der Waals surface area contributed by atoms with Crippen molar-refractivity contribution in [3.8, 4) is 5.75 Å². The number of aromatic nitrogens is 2. The fourth-order valence-corrected chi connectivity index (χ4v) is 8.40. The Bertz CT molecular complexity index is 1130. The van der Waals surface area contributed by atoms with Gasteiger partial charge in [-0.1, -0.05) is 51.3 Å². The summed E-state index contributed by atoms with van der Waals surface area (Å²) in [6, 6.07) is 8.89. The number of nitrogens with one attached hydrogen (secondary N) is 1. The molecular formula is C32H45N3O2. The third-order valence-corrected chi connectivity index (χ3v) is 10.5. The first-order valence-electron chi connectivity index (χ1n) is 15.0. The van der Waals surface area contributed by atoms with Crippen LogP contribution in [0.25, 0.3) is 0 Å². The molecular weight excluding hydrogens is 458 g/mol. The first kappa shape index (κ1) is 25.0. The fraction of sp³-hybridized carbons (Fsp3) is 0.688. The largest absolute Gasteiger partial charge is 0.496 e. The van der Waals surface area contributed by atoms with Crippen LogP contribution in [0.2, 0.25) is 0 Å². The Labute approximate surface area is 222 Å². The zero-order valence-electron chi connectivity index (χ0n) is 23.1. The van der Waals surface area contributed by atoms with Crippen molar-refractivity contribution >= 4 is 5.91 Å². The van der Waals surface area contributed by atoms with Crippen molar-refractivity contribution in [2.24, 2.45) is 17.3 Å². The van der Waals surface area contributed by atoms with Gasteiger partial charge >= 0.3 is 0 Å². The Morgan fingerprint density at radius 2 is 1.86 bits per heavy atom. The summed E-state index contributed by atoms with van der Waals surface area (Å²) in [6.07, 6.45) is 15.6. The lowest BCUT2D eigenvalue weighted by Crippen LogP contribution is -2.50. The molecule has 0 spiro atoms. The molecule has 1 aromatic carbocycles. The van der Waals surface area contributed by atoms with Crippen molar-refractivity contribution in [2.75, 3.05) is 7.11 Å². The van der Waals surface area contributed by atoms with Gasteiger partial charge in [0, 0.05) is 23.7 Å². The molecule has 5 nitrogen and oxygen atoms in total. The summed E-state index contributed by atoms with van der Waals surface area (Å²) in [4.78, 5) is 14.2. The van der Waals surface area contributed by atoms with Gasteiger partial charge < -0.3 is 10.1 Å². The molecule has 200 valence electrons. The first-order chi connectivity index (χ1) is 18.0. The van der Waals surface area contributed by atoms with Crippen molar-refractivity contribution in [1.29, 1.82) is 0 Å². The quantitative estimate of drug-likeness (QED) is 0.467. The van der Waals surface area contributed by atoms with Gasteiger partial charge in [-0.05, 0) is 86.7 Å². The van der Waals surface area contributed by atoms with Crippen LogP contribution in [0.4, 0.5) is 0 Å². The molecule has 1 amide bonds. The van der Waals surface area contributed by atoms with E-state index in [0.29, 0.717) is 18.4 Å². The minimum atomic E-state index is -0.299. The van der Waals surface area contributed by atoms with Gasteiger partial charge in [0.2, 0.25) is 5.91 Å². The number of fused-ring (bicyclic) bond motifs is 3. The third kappa shape index (κ3) is 4.51. The van der Waals surface area contributed by atoms with Crippen LogP contribution < -0.4 is 10.1 Å². The normalized spacial score (nSPS) is 27.6. The van der Waals surface area contributed by atoms with Gasteiger partial charge in [0.25, 0.3) is 0 Å². The van der Waals surface area contributed by atoms with Crippen molar-refractivity contribution in [3.05, 3.63) is 46.8 Å². The van der Waals surface area contributed by atoms with Crippen LogP contribution >= 0.6 is 0 Å². The average molecular weight is 504 g/mol. The number of amides is 1. The second-order valence-corrected chi connectivity index (χ2v) is 12.9. The molecule has 0 radical (unpaired) electrons. The van der Waals surface area contributed by atoms with Gasteiger partial charge in [0.1, 0.15) is 5.75 Å². The number of hydrogen-bond acceptors (Lipinski definition) is 3. The molecule has 4 aliphatic rings. The Morgan fingerprint density at radius 3 is 2.62 bits per heavy atom. The minimum Gasteiger partial charge on any atom is -0.496 e. The smallest absolute Gasteiger partial charge is 0.228 e. The number of carbonyl (C=O) groups excluding carboxylic acids is 1. The predicted molar refractivity (Wildman–Crippen MR) is 147 cm³/mol. The number of para-hydroxylation sites is 1. The highest BCUT2D eigenvalue weighted by Crippen LogP contribution is 2.55. The summed E-state index contributed by atoms with van der Waals surface area (Å²) in [5.41, 5.74) is 5.19. The van der Waals surface area contributed by atoms with E-state index in [-0.39, 0.29) is 23.3 Å². The monoisotopic (exact) mass is 503 g/mol. The Kier molecular flexibility index (Phi) is 6.83. The van der Waals surface area contributed by atoms with E-state index in [1.165, 1.54) is 75.5 Å². The molecule has 4 atom stereocenters. The lowest BCUT2D eigenvalue weighted by molar-refractivity contribution is -0.124. The van der Waals surface area contributed by atoms with Gasteiger partial charge in [0.15, 0.2) is 0 Å². The van der Waals surface area contributed by atoms with E-state index in [0.717, 1.165) is 35.8 Å². The SMILES string of the molecule is COc1ccccc1C(Cc1nn(C2CCCCC2)c2c1CCCC2)C(=O)NC1C2CCC(C2)C1(C)C. The predicted octanol–water partition coefficient (Wildman–Crippen LogP) is 6.54. The molecule has 4 unspecified atom stereocenters. The molecule has 3 saturated carbocycles. The van der Waals surface area contributed by atoms with Gasteiger partial charge in [-0.2, -0.15) is 5.10 Å². The zero-order valence-corrected chi connectivity index (χ0v) is 23.1. The Balaban J connectivity index is 1.34. The summed E-state index contributed by atoms with van der Waals surface area (Å²) in [5.74, 6) is 1.99. The van der Waals surface area contributed by atoms with Gasteiger partial charge in [-0.25, -0.2) is 0 Å². The van der Waals surface area contributed by atoms with E-state index in [1.54, 1.807) is 7.11 Å². The van der Waals surface area contributed by atoms with Crippen LogP contribution in [0.3, 0.4) is 0 Å². The molecule has 1 heterocycles. The number of nitrogens with zero attached hydrogens (tertiary/aromatic N) is 2. The van der Waals surface area contributed by atoms with E-state index in [9.17, 15) is 4.79 Å². The standard InChI is InChI=1S/C32H45N3O2/c1-32(2)22-18-17-21(19-22)30(32)33-31(36)26(24-13-8-10-16-29(24)37-3)20-27-25-14-7-9-15-28(25)35(34-27)23-11-5-4-6-12-23/h8,10,13,16,21-23,26,30H,4-7,9,11-12,14-15,17-20H2,1-3H3,(H,33,36). The minimum absolute atomic E-state index is 0.145. The highest BCUT2D eigenvalue weighted by molar-refractivity contribution is 5.85. The second-order valence-electron chi connectivity index (χ2n) is 12.9. The zero-order chi connectivity index (χ0) is 25.6. The van der Waals surface area contributed by atoms with Crippen molar-refractivity contribution < 1.29 is 9.53 Å². The number of carbonyl (C=O) groups is 1. The molecule has 2 bridgehead atoms. The van der Waals surface area contributed by atoms with Crippen LogP contribution in [-0.4, -0.2) is 28.8 Å². The molecule has 5 heteroatoms. The maximum absolute atomic E-state index is 14.2. The lowest BCUT2D eigenvalue weighted by atomic mass is 9.72. The van der Waals surface area contributed by atoms with Crippen LogP contribution in [0.5, 0.6) is 5.75 Å². The summed E-state index contributed by atoms with van der Waals surface area (Å²) in [5, 5.41) is 8.91. The summed E-state index contributed by atoms with van der Waals surface area (Å²) in [6.45, 7) is 4.73. The van der Waals surface area contributed by atoms with Crippen molar-refractivity contribution in [1.82, 2.24) is 15.1 Å². The molecule has 2 aromatic rings. The topological polar surface area (TPSA) is 56.2 Å². The lowest BCUT2D eigenvalue weighted by Gasteiger charge is -2.39. The maximum Gasteiger partial charge on any atom is 0.228 e. The van der Waals surface area contributed by atoms with Gasteiger partial charge in [-0.3, -0.25) is 9.48 Å². The van der Waals surface area contributed by atoms with E-state index in [4.69, 9.17) is 9.84 Å². The highest BCUT2D eigenvalue weighted by Gasteiger charge is 2.53. The summed E-state index contributed by atoms with van der Waals surface area (Å²) >= 11 is 0. The molecule has 0 saturated heterocycles. The molecule has 1 aromatic heterocycles.